The second kappa shape index (κ2) is 8.50. The van der Waals surface area contributed by atoms with Crippen LogP contribution in [0.4, 0.5) is 0 Å². The molecular weight excluding hydrogens is 328 g/mol. The van der Waals surface area contributed by atoms with E-state index in [1.54, 1.807) is 29.2 Å². The normalized spacial score (nSPS) is 15.9. The van der Waals surface area contributed by atoms with Crippen LogP contribution in [-0.2, 0) is 4.79 Å². The number of benzene rings is 2. The van der Waals surface area contributed by atoms with E-state index in [9.17, 15) is 9.90 Å². The second-order valence-corrected chi connectivity index (χ2v) is 6.47. The molecule has 1 unspecified atom stereocenters. The van der Waals surface area contributed by atoms with Gasteiger partial charge in [-0.25, -0.2) is 0 Å². The molecule has 1 saturated heterocycles. The predicted molar refractivity (Wildman–Crippen MR) is 97.4 cm³/mol. The van der Waals surface area contributed by atoms with Crippen molar-refractivity contribution in [3.8, 4) is 11.8 Å². The zero-order valence-corrected chi connectivity index (χ0v) is 14.5. The zero-order valence-electron chi connectivity index (χ0n) is 14.5. The highest BCUT2D eigenvalue weighted by molar-refractivity contribution is 5.78. The minimum absolute atomic E-state index is 0.0788. The van der Waals surface area contributed by atoms with Gasteiger partial charge in [0, 0.05) is 13.1 Å². The van der Waals surface area contributed by atoms with E-state index in [2.05, 4.69) is 6.07 Å². The van der Waals surface area contributed by atoms with Gasteiger partial charge < -0.3 is 14.7 Å². The maximum Gasteiger partial charge on any atom is 0.260 e. The summed E-state index contributed by atoms with van der Waals surface area (Å²) in [5.74, 6) is 0.491. The summed E-state index contributed by atoms with van der Waals surface area (Å²) in [5.41, 5.74) is 1.35. The first kappa shape index (κ1) is 18.0. The van der Waals surface area contributed by atoms with Gasteiger partial charge in [-0.2, -0.15) is 5.26 Å². The Morgan fingerprint density at radius 3 is 2.50 bits per heavy atom. The molecule has 3 rings (SSSR count). The largest absolute Gasteiger partial charge is 0.482 e. The topological polar surface area (TPSA) is 73.6 Å². The molecular formula is C21H22N2O3. The first-order valence-corrected chi connectivity index (χ1v) is 8.81. The number of para-hydroxylation sites is 1. The number of nitrogens with zero attached hydrogens (tertiary/aromatic N) is 2. The Morgan fingerprint density at radius 1 is 1.15 bits per heavy atom. The molecule has 0 radical (unpaired) electrons. The lowest BCUT2D eigenvalue weighted by Crippen LogP contribution is -2.42. The molecule has 2 aromatic rings. The van der Waals surface area contributed by atoms with E-state index < -0.39 is 6.10 Å². The van der Waals surface area contributed by atoms with Crippen LogP contribution in [0.3, 0.4) is 0 Å². The van der Waals surface area contributed by atoms with Gasteiger partial charge >= 0.3 is 0 Å². The molecule has 0 bridgehead atoms. The van der Waals surface area contributed by atoms with Crippen LogP contribution in [0.1, 0.15) is 30.1 Å². The standard InChI is InChI=1S/C21H22N2O3/c22-14-18-8-4-5-9-19(18)26-15-20(24)23-12-10-17(11-13-23)21(25)16-6-2-1-3-7-16/h1-9,17,21,25H,10-13,15H2. The number of hydrogen-bond acceptors (Lipinski definition) is 4. The van der Waals surface area contributed by atoms with E-state index in [0.717, 1.165) is 18.4 Å². The third kappa shape index (κ3) is 4.22. The molecule has 1 aliphatic rings. The van der Waals surface area contributed by atoms with Gasteiger partial charge in [-0.3, -0.25) is 4.79 Å². The van der Waals surface area contributed by atoms with Crippen molar-refractivity contribution in [1.29, 1.82) is 5.26 Å². The van der Waals surface area contributed by atoms with Gasteiger partial charge in [0.05, 0.1) is 11.7 Å². The van der Waals surface area contributed by atoms with Crippen molar-refractivity contribution in [1.82, 2.24) is 4.90 Å². The molecule has 1 heterocycles. The fourth-order valence-electron chi connectivity index (χ4n) is 3.30. The van der Waals surface area contributed by atoms with Gasteiger partial charge in [0.15, 0.2) is 6.61 Å². The van der Waals surface area contributed by atoms with Crippen molar-refractivity contribution in [2.24, 2.45) is 5.92 Å². The maximum absolute atomic E-state index is 12.4. The van der Waals surface area contributed by atoms with Crippen LogP contribution < -0.4 is 4.74 Å². The van der Waals surface area contributed by atoms with E-state index in [4.69, 9.17) is 10.00 Å². The zero-order chi connectivity index (χ0) is 18.4. The quantitative estimate of drug-likeness (QED) is 0.900. The molecule has 5 heteroatoms. The summed E-state index contributed by atoms with van der Waals surface area (Å²) in [4.78, 5) is 14.1. The lowest BCUT2D eigenvalue weighted by molar-refractivity contribution is -0.135. The highest BCUT2D eigenvalue weighted by Gasteiger charge is 2.28. The van der Waals surface area contributed by atoms with Crippen molar-refractivity contribution < 1.29 is 14.6 Å². The van der Waals surface area contributed by atoms with Crippen molar-refractivity contribution in [2.75, 3.05) is 19.7 Å². The summed E-state index contributed by atoms with van der Waals surface area (Å²) in [6.07, 6.45) is 1.03. The van der Waals surface area contributed by atoms with Crippen LogP contribution in [0.2, 0.25) is 0 Å². The Balaban J connectivity index is 1.50. The molecule has 1 aliphatic heterocycles. The molecule has 0 aromatic heterocycles. The van der Waals surface area contributed by atoms with Gasteiger partial charge in [0.25, 0.3) is 5.91 Å². The fourth-order valence-corrected chi connectivity index (χ4v) is 3.30. The molecule has 0 spiro atoms. The molecule has 5 nitrogen and oxygen atoms in total. The summed E-state index contributed by atoms with van der Waals surface area (Å²) in [7, 11) is 0. The van der Waals surface area contributed by atoms with Gasteiger partial charge in [0.1, 0.15) is 11.8 Å². The minimum Gasteiger partial charge on any atom is -0.482 e. The molecule has 134 valence electrons. The molecule has 0 saturated carbocycles. The Morgan fingerprint density at radius 2 is 1.81 bits per heavy atom. The Hall–Kier alpha value is -2.84. The molecule has 26 heavy (non-hydrogen) atoms. The number of aliphatic hydroxyl groups is 1. The molecule has 1 fully saturated rings. The summed E-state index contributed by atoms with van der Waals surface area (Å²) < 4.78 is 5.52. The van der Waals surface area contributed by atoms with Crippen molar-refractivity contribution in [3.63, 3.8) is 0 Å². The third-order valence-electron chi connectivity index (χ3n) is 4.84. The predicted octanol–water partition coefficient (Wildman–Crippen LogP) is 2.91. The van der Waals surface area contributed by atoms with Gasteiger partial charge in [-0.15, -0.1) is 0 Å². The Bertz CT molecular complexity index is 777. The smallest absolute Gasteiger partial charge is 0.260 e. The fraction of sp³-hybridized carbons (Fsp3) is 0.333. The number of carbonyl (C=O) groups excluding carboxylic acids is 1. The molecule has 0 aliphatic carbocycles. The van der Waals surface area contributed by atoms with E-state index in [1.165, 1.54) is 0 Å². The maximum atomic E-state index is 12.4. The molecule has 2 aromatic carbocycles. The van der Waals surface area contributed by atoms with E-state index in [0.29, 0.717) is 24.4 Å². The van der Waals surface area contributed by atoms with Crippen LogP contribution in [0.25, 0.3) is 0 Å². The summed E-state index contributed by atoms with van der Waals surface area (Å²) in [5, 5.41) is 19.6. The number of carbonyl (C=O) groups is 1. The number of amides is 1. The summed E-state index contributed by atoms with van der Waals surface area (Å²) >= 11 is 0. The molecule has 1 N–H and O–H groups in total. The van der Waals surface area contributed by atoms with Crippen LogP contribution in [0, 0.1) is 17.2 Å². The van der Waals surface area contributed by atoms with Gasteiger partial charge in [0.2, 0.25) is 0 Å². The van der Waals surface area contributed by atoms with Gasteiger partial charge in [-0.05, 0) is 36.5 Å². The highest BCUT2D eigenvalue weighted by atomic mass is 16.5. The Kier molecular flexibility index (Phi) is 5.88. The minimum atomic E-state index is -0.493. The van der Waals surface area contributed by atoms with Crippen LogP contribution in [-0.4, -0.2) is 35.6 Å². The lowest BCUT2D eigenvalue weighted by Gasteiger charge is -2.34. The van der Waals surface area contributed by atoms with E-state index in [1.807, 2.05) is 30.3 Å². The monoisotopic (exact) mass is 350 g/mol. The number of piperidine rings is 1. The van der Waals surface area contributed by atoms with Crippen molar-refractivity contribution in [3.05, 3.63) is 65.7 Å². The Labute approximate surface area is 153 Å². The van der Waals surface area contributed by atoms with Crippen LogP contribution in [0.15, 0.2) is 54.6 Å². The number of likely N-dealkylation sites (tertiary alicyclic amines) is 1. The molecule has 1 atom stereocenters. The lowest BCUT2D eigenvalue weighted by atomic mass is 9.87. The number of hydrogen-bond donors (Lipinski definition) is 1. The van der Waals surface area contributed by atoms with Crippen LogP contribution >= 0.6 is 0 Å². The SMILES string of the molecule is N#Cc1ccccc1OCC(=O)N1CCC(C(O)c2ccccc2)CC1. The number of aliphatic hydroxyl groups excluding tert-OH is 1. The second-order valence-electron chi connectivity index (χ2n) is 6.47. The number of rotatable bonds is 5. The van der Waals surface area contributed by atoms with Crippen molar-refractivity contribution in [2.45, 2.75) is 18.9 Å². The third-order valence-corrected chi connectivity index (χ3v) is 4.84. The summed E-state index contributed by atoms with van der Waals surface area (Å²) in [6.45, 7) is 1.14. The van der Waals surface area contributed by atoms with E-state index in [-0.39, 0.29) is 18.4 Å². The highest BCUT2D eigenvalue weighted by Crippen LogP contribution is 2.30. The van der Waals surface area contributed by atoms with Crippen LogP contribution in [0.5, 0.6) is 5.75 Å². The van der Waals surface area contributed by atoms with Crippen molar-refractivity contribution >= 4 is 5.91 Å². The van der Waals surface area contributed by atoms with E-state index >= 15 is 0 Å². The summed E-state index contributed by atoms with van der Waals surface area (Å²) in [6, 6.07) is 18.6. The average molecular weight is 350 g/mol. The average Bonchev–Trinajstić information content (AvgIpc) is 2.72. The molecule has 1 amide bonds. The first-order chi connectivity index (χ1) is 12.7. The number of ether oxygens (including phenoxy) is 1. The van der Waals surface area contributed by atoms with Gasteiger partial charge in [-0.1, -0.05) is 42.5 Å². The first-order valence-electron chi connectivity index (χ1n) is 8.81. The number of nitriles is 1.